The molecule has 4 nitrogen and oxygen atoms in total. The summed E-state index contributed by atoms with van der Waals surface area (Å²) in [5.74, 6) is -0.173. The first-order chi connectivity index (χ1) is 13.7. The van der Waals surface area contributed by atoms with Crippen LogP contribution in [-0.4, -0.2) is 15.3 Å². The lowest BCUT2D eigenvalue weighted by Gasteiger charge is -2.07. The van der Waals surface area contributed by atoms with E-state index in [-0.39, 0.29) is 27.5 Å². The van der Waals surface area contributed by atoms with Crippen LogP contribution in [0.1, 0.15) is 29.4 Å². The van der Waals surface area contributed by atoms with Crippen LogP contribution in [0.2, 0.25) is 10.0 Å². The summed E-state index contributed by atoms with van der Waals surface area (Å²) in [5.41, 5.74) is 1.31. The molecule has 0 atom stereocenters. The van der Waals surface area contributed by atoms with E-state index in [1.54, 1.807) is 19.1 Å². The van der Waals surface area contributed by atoms with E-state index in [0.29, 0.717) is 32.5 Å². The van der Waals surface area contributed by atoms with Gasteiger partial charge in [0.25, 0.3) is 5.56 Å². The Kier molecular flexibility index (Phi) is 4.71. The second-order valence-corrected chi connectivity index (χ2v) is 7.58. The van der Waals surface area contributed by atoms with Crippen molar-refractivity contribution < 1.29 is 13.6 Å². The van der Waals surface area contributed by atoms with Crippen LogP contribution in [0.5, 0.6) is 0 Å². The largest absolute Gasteiger partial charge is 0.320 e. The molecule has 29 heavy (non-hydrogen) atoms. The van der Waals surface area contributed by atoms with Gasteiger partial charge in [0, 0.05) is 32.5 Å². The number of aromatic nitrogens is 2. The third kappa shape index (κ3) is 3.03. The Bertz CT molecular complexity index is 1370. The number of aryl methyl sites for hydroxylation is 1. The maximum Gasteiger partial charge on any atom is 0.320 e. The highest BCUT2D eigenvalue weighted by Crippen LogP contribution is 2.37. The summed E-state index contributed by atoms with van der Waals surface area (Å²) in [7, 11) is 0. The maximum atomic E-state index is 13.9. The van der Waals surface area contributed by atoms with Crippen LogP contribution in [-0.2, 0) is 0 Å². The lowest BCUT2D eigenvalue weighted by atomic mass is 9.99. The van der Waals surface area contributed by atoms with Gasteiger partial charge in [-0.3, -0.25) is 14.2 Å². The second kappa shape index (κ2) is 6.97. The molecule has 0 radical (unpaired) electrons. The average molecular weight is 435 g/mol. The van der Waals surface area contributed by atoms with Crippen LogP contribution < -0.4 is 5.56 Å². The number of ketones is 1. The standard InChI is InChI=1S/C21H14Cl2F2N2O2/c1-9-12(10(2)28)5-6-17-18(9)15-8-14(13-4-3-11(22)7-16(13)23)20(29)26-19(15)27(17)21(24)25/h3-8,21H,1-2H3,(H,26,29). The molecule has 0 bridgehead atoms. The Hall–Kier alpha value is -2.70. The fourth-order valence-corrected chi connectivity index (χ4v) is 4.26. The summed E-state index contributed by atoms with van der Waals surface area (Å²) in [6, 6.07) is 9.21. The molecule has 1 N–H and O–H groups in total. The number of carbonyl (C=O) groups excluding carboxylic acids is 1. The maximum absolute atomic E-state index is 13.9. The zero-order valence-corrected chi connectivity index (χ0v) is 16.8. The molecule has 0 amide bonds. The van der Waals surface area contributed by atoms with E-state index in [2.05, 4.69) is 4.98 Å². The molecule has 0 spiro atoms. The monoisotopic (exact) mass is 434 g/mol. The molecule has 2 heterocycles. The summed E-state index contributed by atoms with van der Waals surface area (Å²) in [5, 5.41) is 1.56. The van der Waals surface area contributed by atoms with Gasteiger partial charge in [-0.1, -0.05) is 29.3 Å². The smallest absolute Gasteiger partial charge is 0.307 e. The van der Waals surface area contributed by atoms with Gasteiger partial charge in [-0.15, -0.1) is 0 Å². The quantitative estimate of drug-likeness (QED) is 0.381. The number of benzene rings is 2. The number of alkyl halides is 2. The molecule has 0 fully saturated rings. The summed E-state index contributed by atoms with van der Waals surface area (Å²) in [6.07, 6.45) is 0. The number of rotatable bonds is 3. The van der Waals surface area contributed by atoms with Gasteiger partial charge < -0.3 is 4.98 Å². The van der Waals surface area contributed by atoms with Gasteiger partial charge in [0.1, 0.15) is 5.65 Å². The molecule has 0 unspecified atom stereocenters. The van der Waals surface area contributed by atoms with Gasteiger partial charge in [0.05, 0.1) is 10.5 Å². The Labute approximate surface area is 173 Å². The Balaban J connectivity index is 2.18. The van der Waals surface area contributed by atoms with Gasteiger partial charge in [-0.2, -0.15) is 8.78 Å². The molecule has 0 saturated heterocycles. The van der Waals surface area contributed by atoms with E-state index >= 15 is 0 Å². The minimum absolute atomic E-state index is 0.0161. The van der Waals surface area contributed by atoms with Crippen molar-refractivity contribution in [2.24, 2.45) is 0 Å². The zero-order valence-electron chi connectivity index (χ0n) is 15.3. The molecule has 0 aliphatic heterocycles. The van der Waals surface area contributed by atoms with E-state index in [9.17, 15) is 18.4 Å². The number of pyridine rings is 1. The molecule has 8 heteroatoms. The third-order valence-electron chi connectivity index (χ3n) is 5.03. The molecule has 148 valence electrons. The number of Topliss-reactive ketones (excluding diaryl/α,β-unsaturated/α-hetero) is 1. The van der Waals surface area contributed by atoms with E-state index in [1.807, 2.05) is 0 Å². The van der Waals surface area contributed by atoms with Crippen LogP contribution in [0.3, 0.4) is 0 Å². The Morgan fingerprint density at radius 1 is 1.10 bits per heavy atom. The summed E-state index contributed by atoms with van der Waals surface area (Å²) in [4.78, 5) is 27.3. The van der Waals surface area contributed by atoms with E-state index in [0.717, 1.165) is 4.57 Å². The molecule has 0 aliphatic carbocycles. The SMILES string of the molecule is CC(=O)c1ccc2c(c1C)c1cc(-c3ccc(Cl)cc3Cl)c(=O)[nH]c1n2C(F)F. The topological polar surface area (TPSA) is 54.9 Å². The van der Waals surface area contributed by atoms with Crippen molar-refractivity contribution in [3.8, 4) is 11.1 Å². The van der Waals surface area contributed by atoms with Crippen molar-refractivity contribution in [2.45, 2.75) is 20.4 Å². The number of nitrogens with one attached hydrogen (secondary N) is 1. The number of hydrogen-bond acceptors (Lipinski definition) is 2. The molecular formula is C21H14Cl2F2N2O2. The highest BCUT2D eigenvalue weighted by molar-refractivity contribution is 6.36. The number of fused-ring (bicyclic) bond motifs is 3. The van der Waals surface area contributed by atoms with Crippen LogP contribution in [0.25, 0.3) is 33.1 Å². The minimum atomic E-state index is -2.88. The van der Waals surface area contributed by atoms with E-state index < -0.39 is 12.1 Å². The van der Waals surface area contributed by atoms with Crippen LogP contribution in [0.15, 0.2) is 41.2 Å². The van der Waals surface area contributed by atoms with Crippen molar-refractivity contribution in [3.05, 3.63) is 67.9 Å². The Morgan fingerprint density at radius 2 is 1.83 bits per heavy atom. The first kappa shape index (κ1) is 19.6. The highest BCUT2D eigenvalue weighted by atomic mass is 35.5. The number of hydrogen-bond donors (Lipinski definition) is 1. The van der Waals surface area contributed by atoms with E-state index in [4.69, 9.17) is 23.2 Å². The van der Waals surface area contributed by atoms with Crippen LogP contribution in [0, 0.1) is 6.92 Å². The number of carbonyl (C=O) groups is 1. The van der Waals surface area contributed by atoms with Gasteiger partial charge in [0.2, 0.25) is 0 Å². The lowest BCUT2D eigenvalue weighted by Crippen LogP contribution is -2.11. The number of aromatic amines is 1. The first-order valence-corrected chi connectivity index (χ1v) is 9.41. The van der Waals surface area contributed by atoms with Gasteiger partial charge >= 0.3 is 6.55 Å². The van der Waals surface area contributed by atoms with Crippen molar-refractivity contribution in [1.82, 2.24) is 9.55 Å². The molecular weight excluding hydrogens is 421 g/mol. The average Bonchev–Trinajstić information content (AvgIpc) is 2.95. The normalized spacial score (nSPS) is 11.7. The fourth-order valence-electron chi connectivity index (χ4n) is 3.75. The number of nitrogens with zero attached hydrogens (tertiary/aromatic N) is 1. The van der Waals surface area contributed by atoms with Gasteiger partial charge in [-0.05, 0) is 49.7 Å². The van der Waals surface area contributed by atoms with Gasteiger partial charge in [0.15, 0.2) is 5.78 Å². The summed E-state index contributed by atoms with van der Waals surface area (Å²) >= 11 is 12.2. The highest BCUT2D eigenvalue weighted by Gasteiger charge is 2.22. The van der Waals surface area contributed by atoms with Crippen molar-refractivity contribution in [3.63, 3.8) is 0 Å². The fraction of sp³-hybridized carbons (Fsp3) is 0.143. The van der Waals surface area contributed by atoms with Crippen molar-refractivity contribution >= 4 is 50.9 Å². The van der Waals surface area contributed by atoms with E-state index in [1.165, 1.54) is 31.2 Å². The van der Waals surface area contributed by atoms with Crippen LogP contribution >= 0.6 is 23.2 Å². The predicted molar refractivity (Wildman–Crippen MR) is 112 cm³/mol. The summed E-state index contributed by atoms with van der Waals surface area (Å²) < 4.78 is 28.5. The molecule has 4 rings (SSSR count). The second-order valence-electron chi connectivity index (χ2n) is 6.73. The summed E-state index contributed by atoms with van der Waals surface area (Å²) in [6.45, 7) is 0.244. The number of halogens is 4. The molecule has 2 aromatic heterocycles. The lowest BCUT2D eigenvalue weighted by molar-refractivity contribution is 0.0790. The molecule has 2 aromatic carbocycles. The minimum Gasteiger partial charge on any atom is -0.307 e. The Morgan fingerprint density at radius 3 is 2.45 bits per heavy atom. The zero-order chi connectivity index (χ0) is 21.0. The van der Waals surface area contributed by atoms with Crippen molar-refractivity contribution in [1.29, 1.82) is 0 Å². The third-order valence-corrected chi connectivity index (χ3v) is 5.58. The number of H-pyrrole nitrogens is 1. The first-order valence-electron chi connectivity index (χ1n) is 8.65. The van der Waals surface area contributed by atoms with Gasteiger partial charge in [-0.25, -0.2) is 0 Å². The molecule has 0 saturated carbocycles. The molecule has 0 aliphatic rings. The van der Waals surface area contributed by atoms with Crippen molar-refractivity contribution in [2.75, 3.05) is 0 Å². The molecule has 4 aromatic rings. The predicted octanol–water partition coefficient (Wildman–Crippen LogP) is 6.36. The van der Waals surface area contributed by atoms with Crippen LogP contribution in [0.4, 0.5) is 8.78 Å².